The van der Waals surface area contributed by atoms with Gasteiger partial charge in [-0.05, 0) is 32.0 Å². The third-order valence-corrected chi connectivity index (χ3v) is 3.91. The second-order valence-corrected chi connectivity index (χ2v) is 4.84. The highest BCUT2D eigenvalue weighted by molar-refractivity contribution is 7.74. The zero-order chi connectivity index (χ0) is 12.1. The predicted octanol–water partition coefficient (Wildman–Crippen LogP) is 3.47. The Hall–Kier alpha value is -0.320. The zero-order valence-electron chi connectivity index (χ0n) is 10.3. The van der Waals surface area contributed by atoms with Crippen LogP contribution in [0.5, 0.6) is 0 Å². The molecule has 0 aliphatic rings. The Bertz CT molecular complexity index is 405. The van der Waals surface area contributed by atoms with Crippen molar-refractivity contribution >= 4 is 30.1 Å². The van der Waals surface area contributed by atoms with E-state index < -0.39 is 0 Å². The van der Waals surface area contributed by atoms with E-state index in [-0.39, 0.29) is 0 Å². The Morgan fingerprint density at radius 2 is 1.81 bits per heavy atom. The van der Waals surface area contributed by atoms with Crippen LogP contribution in [0, 0.1) is 15.9 Å². The minimum atomic E-state index is 0.839. The van der Waals surface area contributed by atoms with Gasteiger partial charge >= 0.3 is 0 Å². The van der Waals surface area contributed by atoms with Gasteiger partial charge in [-0.3, -0.25) is 0 Å². The Kier molecular flexibility index (Phi) is 5.52. The number of hydrogen-bond acceptors (Lipinski definition) is 4. The van der Waals surface area contributed by atoms with Crippen molar-refractivity contribution in [2.75, 3.05) is 31.5 Å². The number of likely N-dealkylation sites (N-methyl/N-ethyl adjacent to an activating group) is 1. The first-order chi connectivity index (χ1) is 7.61. The van der Waals surface area contributed by atoms with Crippen LogP contribution in [-0.2, 0) is 0 Å². The molecule has 0 fully saturated rings. The Balaban J connectivity index is 2.36. The highest BCUT2D eigenvalue weighted by Gasteiger charge is 2.09. The molecule has 4 heteroatoms. The zero-order valence-corrected chi connectivity index (χ0v) is 11.9. The molecule has 0 bridgehead atoms. The van der Waals surface area contributed by atoms with Crippen molar-refractivity contribution in [2.24, 2.45) is 0 Å². The Morgan fingerprint density at radius 1 is 1.12 bits per heavy atom. The van der Waals surface area contributed by atoms with Crippen molar-refractivity contribution in [1.82, 2.24) is 4.90 Å². The van der Waals surface area contributed by atoms with E-state index in [1.807, 2.05) is 6.92 Å². The van der Waals surface area contributed by atoms with E-state index in [1.165, 1.54) is 13.0 Å². The summed E-state index contributed by atoms with van der Waals surface area (Å²) < 4.78 is 1.70. The molecule has 0 radical (unpaired) electrons. The van der Waals surface area contributed by atoms with E-state index in [4.69, 9.17) is 24.4 Å². The fourth-order valence-corrected chi connectivity index (χ4v) is 2.38. The summed E-state index contributed by atoms with van der Waals surface area (Å²) in [6.45, 7) is 10.7. The molecule has 0 heterocycles. The van der Waals surface area contributed by atoms with Gasteiger partial charge in [0.2, 0.25) is 0 Å². The second-order valence-electron chi connectivity index (χ2n) is 4.02. The van der Waals surface area contributed by atoms with Gasteiger partial charge in [0, 0.05) is 13.1 Å². The van der Waals surface area contributed by atoms with Crippen LogP contribution in [0.25, 0.3) is 0 Å². The largest absolute Gasteiger partial charge is 0.382 e. The molecule has 0 atom stereocenters. The Morgan fingerprint density at radius 3 is 2.31 bits per heavy atom. The second kappa shape index (κ2) is 6.42. The first-order valence-electron chi connectivity index (χ1n) is 5.87. The van der Waals surface area contributed by atoms with E-state index >= 15 is 0 Å². The van der Waals surface area contributed by atoms with E-state index in [1.54, 1.807) is 0 Å². The van der Waals surface area contributed by atoms with Crippen LogP contribution in [-0.4, -0.2) is 31.1 Å². The van der Waals surface area contributed by atoms with Crippen LogP contribution in [0.15, 0.2) is 0 Å². The van der Waals surface area contributed by atoms with Crippen LogP contribution >= 0.6 is 24.4 Å². The molecule has 0 unspecified atom stereocenters. The highest BCUT2D eigenvalue weighted by Crippen LogP contribution is 2.24. The maximum Gasteiger partial charge on any atom is 0.0795 e. The number of nitrogens with zero attached hydrogens (tertiary/aromatic N) is 1. The summed E-state index contributed by atoms with van der Waals surface area (Å²) in [4.78, 5) is 2.43. The summed E-state index contributed by atoms with van der Waals surface area (Å²) >= 11 is 10.3. The fraction of sp³-hybridized carbons (Fsp3) is 0.667. The average Bonchev–Trinajstić information content (AvgIpc) is 2.31. The van der Waals surface area contributed by atoms with E-state index in [0.29, 0.717) is 0 Å². The summed E-state index contributed by atoms with van der Waals surface area (Å²) in [5, 5.41) is 3.38. The molecule has 0 spiro atoms. The van der Waals surface area contributed by atoms with Crippen LogP contribution in [0.4, 0.5) is 5.69 Å². The number of rotatable bonds is 7. The van der Waals surface area contributed by atoms with Gasteiger partial charge in [0.05, 0.1) is 14.7 Å². The van der Waals surface area contributed by atoms with Gasteiger partial charge in [0.15, 0.2) is 0 Å². The molecule has 0 saturated carbocycles. The van der Waals surface area contributed by atoms with Crippen LogP contribution < -0.4 is 5.32 Å². The smallest absolute Gasteiger partial charge is 0.0795 e. The molecule has 0 aliphatic carbocycles. The van der Waals surface area contributed by atoms with Crippen LogP contribution in [0.2, 0.25) is 0 Å². The van der Waals surface area contributed by atoms with Gasteiger partial charge in [0.25, 0.3) is 0 Å². The molecule has 0 aliphatic heterocycles. The SMILES string of the molecule is CCCN(CC)CCNc1c(C)c(=S)c1=S. The number of hydrogen-bond donors (Lipinski definition) is 1. The molecule has 1 aromatic rings. The normalized spacial score (nSPS) is 11.2. The molecule has 1 rings (SSSR count). The standard InChI is InChI=1S/C12H20N2S2/c1-4-7-14(5-2)8-6-13-10-9(3)11(15)12(10)16/h13H,4-8H2,1-3H3. The van der Waals surface area contributed by atoms with Crippen LogP contribution in [0.3, 0.4) is 0 Å². The van der Waals surface area contributed by atoms with Crippen molar-refractivity contribution in [3.63, 3.8) is 0 Å². The highest BCUT2D eigenvalue weighted by atomic mass is 32.1. The van der Waals surface area contributed by atoms with E-state index in [0.717, 1.165) is 39.9 Å². The predicted molar refractivity (Wildman–Crippen MR) is 76.1 cm³/mol. The van der Waals surface area contributed by atoms with E-state index in [2.05, 4.69) is 24.1 Å². The molecular weight excluding hydrogens is 236 g/mol. The van der Waals surface area contributed by atoms with Crippen molar-refractivity contribution in [2.45, 2.75) is 27.2 Å². The van der Waals surface area contributed by atoms with Gasteiger partial charge in [-0.15, -0.1) is 0 Å². The lowest BCUT2D eigenvalue weighted by molar-refractivity contribution is 0.300. The van der Waals surface area contributed by atoms with Crippen LogP contribution in [0.1, 0.15) is 25.8 Å². The summed E-state index contributed by atoms with van der Waals surface area (Å²) in [5.41, 5.74) is 2.24. The molecule has 2 nitrogen and oxygen atoms in total. The third kappa shape index (κ3) is 3.09. The van der Waals surface area contributed by atoms with Gasteiger partial charge in [-0.2, -0.15) is 0 Å². The summed E-state index contributed by atoms with van der Waals surface area (Å²) in [5.74, 6) is 0. The molecule has 0 aromatic heterocycles. The third-order valence-electron chi connectivity index (χ3n) is 2.87. The molecule has 90 valence electrons. The van der Waals surface area contributed by atoms with E-state index in [9.17, 15) is 0 Å². The topological polar surface area (TPSA) is 15.3 Å². The molecular formula is C12H20N2S2. The lowest BCUT2D eigenvalue weighted by atomic mass is 10.1. The first-order valence-corrected chi connectivity index (χ1v) is 6.69. The van der Waals surface area contributed by atoms with Gasteiger partial charge in [0.1, 0.15) is 0 Å². The van der Waals surface area contributed by atoms with Gasteiger partial charge in [-0.1, -0.05) is 38.3 Å². The Labute approximate surface area is 108 Å². The van der Waals surface area contributed by atoms with Crippen molar-refractivity contribution in [3.8, 4) is 0 Å². The maximum atomic E-state index is 5.19. The summed E-state index contributed by atoms with van der Waals surface area (Å²) in [6.07, 6.45) is 1.21. The lowest BCUT2D eigenvalue weighted by Gasteiger charge is -2.21. The summed E-state index contributed by atoms with van der Waals surface area (Å²) in [7, 11) is 0. The molecule has 1 N–H and O–H groups in total. The summed E-state index contributed by atoms with van der Waals surface area (Å²) in [6, 6.07) is 0. The monoisotopic (exact) mass is 256 g/mol. The van der Waals surface area contributed by atoms with Crippen molar-refractivity contribution < 1.29 is 0 Å². The van der Waals surface area contributed by atoms with Gasteiger partial charge in [-0.25, -0.2) is 0 Å². The van der Waals surface area contributed by atoms with Gasteiger partial charge < -0.3 is 10.2 Å². The number of anilines is 1. The van der Waals surface area contributed by atoms with Crippen molar-refractivity contribution in [3.05, 3.63) is 14.6 Å². The molecule has 16 heavy (non-hydrogen) atoms. The minimum absolute atomic E-state index is 0.839. The first kappa shape index (κ1) is 13.7. The fourth-order valence-electron chi connectivity index (χ4n) is 1.80. The lowest BCUT2D eigenvalue weighted by Crippen LogP contribution is -2.30. The number of nitrogens with one attached hydrogen (secondary N) is 1. The minimum Gasteiger partial charge on any atom is -0.382 e. The average molecular weight is 256 g/mol. The molecule has 0 amide bonds. The quantitative estimate of drug-likeness (QED) is 0.751. The molecule has 1 aromatic carbocycles. The van der Waals surface area contributed by atoms with Crippen molar-refractivity contribution in [1.29, 1.82) is 0 Å². The maximum absolute atomic E-state index is 5.19. The molecule has 0 saturated heterocycles.